The molecule has 1 unspecified atom stereocenters. The summed E-state index contributed by atoms with van der Waals surface area (Å²) in [6, 6.07) is 0. The maximum Gasteiger partial charge on any atom is 0.249 e. The van der Waals surface area contributed by atoms with E-state index in [2.05, 4.69) is 26.1 Å². The van der Waals surface area contributed by atoms with Gasteiger partial charge in [0.25, 0.3) is 0 Å². The minimum atomic E-state index is -0.458. The van der Waals surface area contributed by atoms with Crippen LogP contribution in [-0.4, -0.2) is 29.7 Å². The quantitative estimate of drug-likeness (QED) is 0.792. The lowest BCUT2D eigenvalue weighted by Crippen LogP contribution is -2.53. The molecule has 1 atom stereocenters. The van der Waals surface area contributed by atoms with E-state index in [0.29, 0.717) is 12.0 Å². The third kappa shape index (κ3) is 5.26. The zero-order chi connectivity index (χ0) is 16.3. The minimum absolute atomic E-state index is 0.0421. The molecular weight excluding hydrogens is 264 g/mol. The Morgan fingerprint density at radius 3 is 2.24 bits per heavy atom. The Hall–Kier alpha value is -0.610. The Bertz CT molecular complexity index is 354. The van der Waals surface area contributed by atoms with Crippen molar-refractivity contribution in [1.29, 1.82) is 0 Å². The highest BCUT2D eigenvalue weighted by Crippen LogP contribution is 2.42. The molecule has 1 saturated carbocycles. The van der Waals surface area contributed by atoms with E-state index in [1.54, 1.807) is 0 Å². The number of rotatable bonds is 6. The van der Waals surface area contributed by atoms with Gasteiger partial charge in [-0.3, -0.25) is 4.79 Å². The second kappa shape index (κ2) is 6.66. The van der Waals surface area contributed by atoms with Crippen LogP contribution in [0.1, 0.15) is 73.6 Å². The summed E-state index contributed by atoms with van der Waals surface area (Å²) in [5, 5.41) is 3.05. The summed E-state index contributed by atoms with van der Waals surface area (Å²) in [6.07, 6.45) is 4.50. The average molecular weight is 298 g/mol. The maximum absolute atomic E-state index is 12.3. The largest absolute Gasteiger partial charge is 0.361 e. The summed E-state index contributed by atoms with van der Waals surface area (Å²) in [7, 11) is 0. The molecule has 0 aromatic heterocycles. The lowest BCUT2D eigenvalue weighted by molar-refractivity contribution is -0.153. The first kappa shape index (κ1) is 18.4. The van der Waals surface area contributed by atoms with Gasteiger partial charge in [-0.2, -0.15) is 0 Å². The van der Waals surface area contributed by atoms with Crippen LogP contribution in [0.15, 0.2) is 0 Å². The summed E-state index contributed by atoms with van der Waals surface area (Å²) in [6.45, 7) is 13.0. The third-order valence-corrected chi connectivity index (χ3v) is 5.03. The average Bonchev–Trinajstić information content (AvgIpc) is 2.41. The number of amides is 1. The van der Waals surface area contributed by atoms with E-state index >= 15 is 0 Å². The van der Waals surface area contributed by atoms with Crippen molar-refractivity contribution < 1.29 is 9.53 Å². The molecule has 0 aliphatic heterocycles. The van der Waals surface area contributed by atoms with E-state index in [9.17, 15) is 4.79 Å². The molecular formula is C17H34N2O2. The lowest BCUT2D eigenvalue weighted by atomic mass is 9.71. The van der Waals surface area contributed by atoms with Crippen LogP contribution in [0.4, 0.5) is 0 Å². The van der Waals surface area contributed by atoms with Crippen LogP contribution >= 0.6 is 0 Å². The number of carbonyl (C=O) groups is 1. The van der Waals surface area contributed by atoms with Crippen molar-refractivity contribution in [3.8, 4) is 0 Å². The third-order valence-electron chi connectivity index (χ3n) is 5.03. The topological polar surface area (TPSA) is 64.3 Å². The molecule has 0 aromatic rings. The molecule has 3 N–H and O–H groups in total. The van der Waals surface area contributed by atoms with Crippen LogP contribution in [0.3, 0.4) is 0 Å². The van der Waals surface area contributed by atoms with Crippen LogP contribution in [0, 0.1) is 5.41 Å². The SMILES string of the molecule is CCC(C)(C)NC(=O)C(C)OC1(CN)CCC(C)(C)CC1. The van der Waals surface area contributed by atoms with Gasteiger partial charge >= 0.3 is 0 Å². The van der Waals surface area contributed by atoms with E-state index in [1.165, 1.54) is 0 Å². The molecule has 124 valence electrons. The fourth-order valence-corrected chi connectivity index (χ4v) is 2.70. The van der Waals surface area contributed by atoms with Crippen molar-refractivity contribution in [3.05, 3.63) is 0 Å². The standard InChI is InChI=1S/C17H34N2O2/c1-7-16(5,6)19-14(20)13(2)21-17(12-18)10-8-15(3,4)9-11-17/h13H,7-12,18H2,1-6H3,(H,19,20). The van der Waals surface area contributed by atoms with E-state index in [4.69, 9.17) is 10.5 Å². The monoisotopic (exact) mass is 298 g/mol. The first-order chi connectivity index (χ1) is 9.55. The Kier molecular flexibility index (Phi) is 5.84. The molecule has 0 aromatic carbocycles. The fourth-order valence-electron chi connectivity index (χ4n) is 2.70. The first-order valence-electron chi connectivity index (χ1n) is 8.25. The van der Waals surface area contributed by atoms with Crippen molar-refractivity contribution >= 4 is 5.91 Å². The normalized spacial score (nSPS) is 22.6. The molecule has 1 fully saturated rings. The lowest BCUT2D eigenvalue weighted by Gasteiger charge is -2.44. The Morgan fingerprint density at radius 1 is 1.29 bits per heavy atom. The Morgan fingerprint density at radius 2 is 1.81 bits per heavy atom. The molecule has 1 aliphatic carbocycles. The van der Waals surface area contributed by atoms with Gasteiger partial charge in [-0.15, -0.1) is 0 Å². The Labute approximate surface area is 130 Å². The highest BCUT2D eigenvalue weighted by atomic mass is 16.5. The van der Waals surface area contributed by atoms with Crippen molar-refractivity contribution in [2.45, 2.75) is 90.9 Å². The Balaban J connectivity index is 2.63. The predicted molar refractivity (Wildman–Crippen MR) is 87.1 cm³/mol. The molecule has 0 spiro atoms. The number of hydrogen-bond donors (Lipinski definition) is 2. The minimum Gasteiger partial charge on any atom is -0.361 e. The van der Waals surface area contributed by atoms with Gasteiger partial charge in [0.1, 0.15) is 6.10 Å². The van der Waals surface area contributed by atoms with E-state index < -0.39 is 6.10 Å². The van der Waals surface area contributed by atoms with Gasteiger partial charge in [0.05, 0.1) is 5.60 Å². The van der Waals surface area contributed by atoms with Gasteiger partial charge in [-0.05, 0) is 58.3 Å². The molecule has 4 heteroatoms. The zero-order valence-corrected chi connectivity index (χ0v) is 14.7. The van der Waals surface area contributed by atoms with Crippen molar-refractivity contribution in [3.63, 3.8) is 0 Å². The van der Waals surface area contributed by atoms with E-state index in [1.807, 2.05) is 20.8 Å². The fraction of sp³-hybridized carbons (Fsp3) is 0.941. The molecule has 1 amide bonds. The van der Waals surface area contributed by atoms with Crippen LogP contribution in [0.5, 0.6) is 0 Å². The smallest absolute Gasteiger partial charge is 0.249 e. The summed E-state index contributed by atoms with van der Waals surface area (Å²) in [5.74, 6) is -0.0421. The molecule has 4 nitrogen and oxygen atoms in total. The molecule has 0 saturated heterocycles. The van der Waals surface area contributed by atoms with Crippen LogP contribution < -0.4 is 11.1 Å². The van der Waals surface area contributed by atoms with Crippen molar-refractivity contribution in [1.82, 2.24) is 5.32 Å². The van der Waals surface area contributed by atoms with E-state index in [0.717, 1.165) is 32.1 Å². The number of nitrogens with one attached hydrogen (secondary N) is 1. The van der Waals surface area contributed by atoms with Crippen LogP contribution in [-0.2, 0) is 9.53 Å². The number of nitrogens with two attached hydrogens (primary N) is 1. The zero-order valence-electron chi connectivity index (χ0n) is 14.7. The van der Waals surface area contributed by atoms with Gasteiger partial charge in [0, 0.05) is 12.1 Å². The summed E-state index contributed by atoms with van der Waals surface area (Å²) in [4.78, 5) is 12.3. The van der Waals surface area contributed by atoms with Gasteiger partial charge in [0.15, 0.2) is 0 Å². The predicted octanol–water partition coefficient (Wildman–Crippen LogP) is 2.99. The molecule has 21 heavy (non-hydrogen) atoms. The van der Waals surface area contributed by atoms with Gasteiger partial charge < -0.3 is 15.8 Å². The molecule has 0 radical (unpaired) electrons. The second-order valence-corrected chi connectivity index (χ2v) is 8.04. The van der Waals surface area contributed by atoms with Crippen LogP contribution in [0.25, 0.3) is 0 Å². The highest BCUT2D eigenvalue weighted by molar-refractivity contribution is 5.81. The van der Waals surface area contributed by atoms with Crippen LogP contribution in [0.2, 0.25) is 0 Å². The van der Waals surface area contributed by atoms with Crippen molar-refractivity contribution in [2.75, 3.05) is 6.54 Å². The summed E-state index contributed by atoms with van der Waals surface area (Å²) >= 11 is 0. The number of carbonyl (C=O) groups excluding carboxylic acids is 1. The molecule has 1 rings (SSSR count). The molecule has 0 bridgehead atoms. The second-order valence-electron chi connectivity index (χ2n) is 8.04. The summed E-state index contributed by atoms with van der Waals surface area (Å²) < 4.78 is 6.14. The highest BCUT2D eigenvalue weighted by Gasteiger charge is 2.40. The van der Waals surface area contributed by atoms with Gasteiger partial charge in [-0.1, -0.05) is 20.8 Å². The maximum atomic E-state index is 12.3. The number of ether oxygens (including phenoxy) is 1. The molecule has 1 aliphatic rings. The molecule has 0 heterocycles. The number of hydrogen-bond acceptors (Lipinski definition) is 3. The van der Waals surface area contributed by atoms with Crippen molar-refractivity contribution in [2.24, 2.45) is 11.1 Å². The first-order valence-corrected chi connectivity index (χ1v) is 8.25. The van der Waals surface area contributed by atoms with Gasteiger partial charge in [0.2, 0.25) is 5.91 Å². The van der Waals surface area contributed by atoms with E-state index in [-0.39, 0.29) is 17.0 Å². The summed E-state index contributed by atoms with van der Waals surface area (Å²) in [5.41, 5.74) is 5.80. The van der Waals surface area contributed by atoms with Gasteiger partial charge in [-0.25, -0.2) is 0 Å².